The van der Waals surface area contributed by atoms with E-state index in [0.29, 0.717) is 0 Å². The highest BCUT2D eigenvalue weighted by molar-refractivity contribution is 6.32. The van der Waals surface area contributed by atoms with Gasteiger partial charge in [0.05, 0.1) is 5.52 Å². The first-order valence-electron chi connectivity index (χ1n) is 5.95. The fourth-order valence-electron chi connectivity index (χ4n) is 2.35. The van der Waals surface area contributed by atoms with Gasteiger partial charge in [-0.2, -0.15) is 0 Å². The number of hydrogen-bond donors (Lipinski definition) is 1. The van der Waals surface area contributed by atoms with Crippen LogP contribution in [0.15, 0.2) is 30.5 Å². The molecule has 0 radical (unpaired) electrons. The molecule has 1 heterocycles. The summed E-state index contributed by atoms with van der Waals surface area (Å²) in [4.78, 5) is 4.48. The van der Waals surface area contributed by atoms with E-state index >= 15 is 0 Å². The lowest BCUT2D eigenvalue weighted by molar-refractivity contribution is 0.550. The topological polar surface area (TPSA) is 24.9 Å². The molecular formula is C14H15ClN2. The van der Waals surface area contributed by atoms with E-state index in [-0.39, 0.29) is 5.54 Å². The normalized spacial score (nSPS) is 17.3. The molecule has 88 valence electrons. The van der Waals surface area contributed by atoms with E-state index in [1.54, 1.807) is 0 Å². The van der Waals surface area contributed by atoms with Gasteiger partial charge in [0.25, 0.3) is 0 Å². The van der Waals surface area contributed by atoms with Gasteiger partial charge in [0.1, 0.15) is 0 Å². The Morgan fingerprint density at radius 3 is 2.88 bits per heavy atom. The number of likely N-dealkylation sites (N-methyl/N-ethyl adjacent to an activating group) is 1. The Hall–Kier alpha value is -1.12. The number of pyridine rings is 1. The first-order valence-corrected chi connectivity index (χ1v) is 6.33. The van der Waals surface area contributed by atoms with Gasteiger partial charge in [0.15, 0.2) is 0 Å². The van der Waals surface area contributed by atoms with Crippen molar-refractivity contribution in [2.75, 3.05) is 7.05 Å². The van der Waals surface area contributed by atoms with Gasteiger partial charge in [-0.15, -0.1) is 0 Å². The minimum absolute atomic E-state index is 0.259. The van der Waals surface area contributed by atoms with Gasteiger partial charge in [0, 0.05) is 22.1 Å². The van der Waals surface area contributed by atoms with Crippen LogP contribution in [0.25, 0.3) is 10.9 Å². The van der Waals surface area contributed by atoms with E-state index < -0.39 is 0 Å². The number of aromatic nitrogens is 1. The van der Waals surface area contributed by atoms with Gasteiger partial charge in [-0.25, -0.2) is 0 Å². The molecule has 0 spiro atoms. The summed E-state index contributed by atoms with van der Waals surface area (Å²) in [6.07, 6.45) is 5.25. The number of nitrogens with zero attached hydrogens (tertiary/aromatic N) is 1. The van der Waals surface area contributed by atoms with Crippen molar-refractivity contribution in [3.05, 3.63) is 41.0 Å². The summed E-state index contributed by atoms with van der Waals surface area (Å²) < 4.78 is 0. The molecule has 1 aliphatic carbocycles. The van der Waals surface area contributed by atoms with Crippen molar-refractivity contribution in [3.63, 3.8) is 0 Å². The molecule has 1 aliphatic rings. The summed E-state index contributed by atoms with van der Waals surface area (Å²) in [6, 6.07) is 8.06. The van der Waals surface area contributed by atoms with E-state index in [1.807, 2.05) is 31.4 Å². The highest BCUT2D eigenvalue weighted by atomic mass is 35.5. The van der Waals surface area contributed by atoms with Crippen LogP contribution in [0.4, 0.5) is 0 Å². The number of fused-ring (bicyclic) bond motifs is 1. The fraction of sp³-hybridized carbons (Fsp3) is 0.357. The molecule has 0 amide bonds. The minimum Gasteiger partial charge on any atom is -0.314 e. The van der Waals surface area contributed by atoms with E-state index in [1.165, 1.54) is 23.8 Å². The Balaban J connectivity index is 2.10. The summed E-state index contributed by atoms with van der Waals surface area (Å²) in [6.45, 7) is 0. The van der Waals surface area contributed by atoms with E-state index in [9.17, 15) is 0 Å². The predicted molar refractivity (Wildman–Crippen MR) is 71.5 cm³/mol. The molecule has 0 unspecified atom stereocenters. The van der Waals surface area contributed by atoms with E-state index in [0.717, 1.165) is 17.0 Å². The fourth-order valence-corrected chi connectivity index (χ4v) is 2.57. The molecule has 0 atom stereocenters. The second kappa shape index (κ2) is 3.97. The van der Waals surface area contributed by atoms with Crippen molar-refractivity contribution in [3.8, 4) is 0 Å². The highest BCUT2D eigenvalue weighted by Crippen LogP contribution is 2.40. The summed E-state index contributed by atoms with van der Waals surface area (Å²) in [5, 5.41) is 5.40. The van der Waals surface area contributed by atoms with Crippen LogP contribution in [0.1, 0.15) is 18.4 Å². The molecule has 2 aromatic rings. The van der Waals surface area contributed by atoms with Crippen molar-refractivity contribution < 1.29 is 0 Å². The average molecular weight is 247 g/mol. The molecule has 1 N–H and O–H groups in total. The molecule has 0 saturated heterocycles. The molecule has 0 aliphatic heterocycles. The molecule has 2 nitrogen and oxygen atoms in total. The zero-order valence-corrected chi connectivity index (χ0v) is 10.6. The molecule has 17 heavy (non-hydrogen) atoms. The van der Waals surface area contributed by atoms with Crippen LogP contribution < -0.4 is 5.32 Å². The lowest BCUT2D eigenvalue weighted by Crippen LogP contribution is -2.29. The van der Waals surface area contributed by atoms with Crippen LogP contribution in [0.5, 0.6) is 0 Å². The number of nitrogens with one attached hydrogen (secondary N) is 1. The molecule has 3 rings (SSSR count). The summed E-state index contributed by atoms with van der Waals surface area (Å²) in [7, 11) is 2.03. The van der Waals surface area contributed by atoms with Gasteiger partial charge in [-0.1, -0.05) is 23.7 Å². The van der Waals surface area contributed by atoms with Crippen LogP contribution in [0.2, 0.25) is 5.02 Å². The molecule has 1 aromatic heterocycles. The monoisotopic (exact) mass is 246 g/mol. The lowest BCUT2D eigenvalue weighted by atomic mass is 10.0. The van der Waals surface area contributed by atoms with E-state index in [4.69, 9.17) is 11.6 Å². The highest BCUT2D eigenvalue weighted by Gasteiger charge is 2.41. The third kappa shape index (κ3) is 1.92. The second-order valence-electron chi connectivity index (χ2n) is 4.81. The van der Waals surface area contributed by atoms with Crippen LogP contribution in [0.3, 0.4) is 0 Å². The number of hydrogen-bond acceptors (Lipinski definition) is 2. The largest absolute Gasteiger partial charge is 0.314 e. The maximum absolute atomic E-state index is 6.33. The Labute approximate surface area is 106 Å². The Bertz CT molecular complexity index is 561. The first-order chi connectivity index (χ1) is 8.24. The molecular weight excluding hydrogens is 232 g/mol. The molecule has 1 aromatic carbocycles. The van der Waals surface area contributed by atoms with Crippen molar-refractivity contribution in [2.24, 2.45) is 0 Å². The standard InChI is InChI=1S/C14H15ClN2/c1-16-14(6-7-14)9-11-12(15)5-4-10-3-2-8-17-13(10)11/h2-5,8,16H,6-7,9H2,1H3. The van der Waals surface area contributed by atoms with Crippen LogP contribution >= 0.6 is 11.6 Å². The van der Waals surface area contributed by atoms with Crippen molar-refractivity contribution in [2.45, 2.75) is 24.8 Å². The van der Waals surface area contributed by atoms with Gasteiger partial charge >= 0.3 is 0 Å². The van der Waals surface area contributed by atoms with Crippen molar-refractivity contribution in [1.82, 2.24) is 10.3 Å². The lowest BCUT2D eigenvalue weighted by Gasteiger charge is -2.16. The maximum Gasteiger partial charge on any atom is 0.0749 e. The second-order valence-corrected chi connectivity index (χ2v) is 5.22. The number of halogens is 1. The smallest absolute Gasteiger partial charge is 0.0749 e. The summed E-state index contributed by atoms with van der Waals surface area (Å²) in [5.41, 5.74) is 2.48. The third-order valence-corrected chi connectivity index (χ3v) is 4.08. The zero-order valence-electron chi connectivity index (χ0n) is 9.83. The van der Waals surface area contributed by atoms with Crippen LogP contribution in [-0.4, -0.2) is 17.6 Å². The Morgan fingerprint density at radius 1 is 1.35 bits per heavy atom. The van der Waals surface area contributed by atoms with Gasteiger partial charge in [0.2, 0.25) is 0 Å². The minimum atomic E-state index is 0.259. The molecule has 3 heteroatoms. The Kier molecular flexibility index (Phi) is 2.57. The number of benzene rings is 1. The summed E-state index contributed by atoms with van der Waals surface area (Å²) in [5.74, 6) is 0. The summed E-state index contributed by atoms with van der Waals surface area (Å²) >= 11 is 6.33. The predicted octanol–water partition coefficient (Wildman–Crippen LogP) is 3.18. The van der Waals surface area contributed by atoms with Crippen molar-refractivity contribution >= 4 is 22.5 Å². The first kappa shape index (κ1) is 11.0. The Morgan fingerprint density at radius 2 is 2.18 bits per heavy atom. The zero-order chi connectivity index (χ0) is 11.9. The van der Waals surface area contributed by atoms with Gasteiger partial charge in [-0.05, 0) is 44.0 Å². The van der Waals surface area contributed by atoms with E-state index in [2.05, 4.69) is 16.4 Å². The third-order valence-electron chi connectivity index (χ3n) is 3.72. The van der Waals surface area contributed by atoms with Crippen LogP contribution in [-0.2, 0) is 6.42 Å². The van der Waals surface area contributed by atoms with Crippen molar-refractivity contribution in [1.29, 1.82) is 0 Å². The SMILES string of the molecule is CNC1(Cc2c(Cl)ccc3cccnc23)CC1. The van der Waals surface area contributed by atoms with Crippen LogP contribution in [0, 0.1) is 0 Å². The quantitative estimate of drug-likeness (QED) is 0.900. The molecule has 0 bridgehead atoms. The maximum atomic E-state index is 6.33. The number of rotatable bonds is 3. The van der Waals surface area contributed by atoms with Gasteiger partial charge in [-0.3, -0.25) is 4.98 Å². The average Bonchev–Trinajstić information content (AvgIpc) is 3.14. The molecule has 1 fully saturated rings. The molecule has 1 saturated carbocycles. The van der Waals surface area contributed by atoms with Gasteiger partial charge < -0.3 is 5.32 Å².